The van der Waals surface area contributed by atoms with Crippen molar-refractivity contribution in [3.8, 4) is 0 Å². The fourth-order valence-electron chi connectivity index (χ4n) is 0.738. The molecule has 0 aromatic heterocycles. The largest absolute Gasteiger partial charge is 0.479 e. The molecule has 0 amide bonds. The van der Waals surface area contributed by atoms with Gasteiger partial charge in [-0.3, -0.25) is 9.32 Å². The van der Waals surface area contributed by atoms with E-state index in [1.165, 1.54) is 0 Å². The molecule has 3 atom stereocenters. The Labute approximate surface area is 94.3 Å². The zero-order valence-electron chi connectivity index (χ0n) is 8.20. The molecular weight excluding hydrogens is 263 g/mol. The van der Waals surface area contributed by atoms with Crippen molar-refractivity contribution >= 4 is 19.6 Å². The second-order valence-corrected chi connectivity index (χ2v) is 4.18. The van der Waals surface area contributed by atoms with Gasteiger partial charge in [-0.1, -0.05) is 0 Å². The lowest BCUT2D eigenvalue weighted by atomic mass is 10.1. The molecule has 17 heavy (non-hydrogen) atoms. The lowest BCUT2D eigenvalue weighted by Crippen LogP contribution is -2.45. The predicted molar refractivity (Wildman–Crippen MR) is 48.7 cm³/mol. The van der Waals surface area contributed by atoms with Gasteiger partial charge in [0.2, 0.25) is 11.9 Å². The van der Waals surface area contributed by atoms with Crippen LogP contribution in [0, 0.1) is 0 Å². The number of rotatable bonds is 7. The van der Waals surface area contributed by atoms with E-state index in [0.29, 0.717) is 0 Å². The first-order valence-electron chi connectivity index (χ1n) is 4.07. The number of carbonyl (C=O) groups is 2. The third-order valence-corrected chi connectivity index (χ3v) is 2.06. The van der Waals surface area contributed by atoms with Gasteiger partial charge in [-0.05, 0) is 0 Å². The number of hydrogen-bond donors (Lipinski definition) is 6. The molecule has 0 spiro atoms. The van der Waals surface area contributed by atoms with Crippen LogP contribution in [0.4, 0.5) is 0 Å². The summed E-state index contributed by atoms with van der Waals surface area (Å²) in [7, 11) is -4.89. The van der Waals surface area contributed by atoms with Crippen molar-refractivity contribution in [1.29, 1.82) is 0 Å². The van der Waals surface area contributed by atoms with Gasteiger partial charge < -0.3 is 30.2 Å². The topological polar surface area (TPSA) is 182 Å². The van der Waals surface area contributed by atoms with Crippen molar-refractivity contribution in [2.75, 3.05) is 6.61 Å². The maximum Gasteiger partial charge on any atom is 0.469 e. The van der Waals surface area contributed by atoms with Crippen LogP contribution < -0.4 is 0 Å². The second kappa shape index (κ2) is 6.17. The Morgan fingerprint density at radius 1 is 1.18 bits per heavy atom. The Morgan fingerprint density at radius 2 is 1.65 bits per heavy atom. The van der Waals surface area contributed by atoms with Crippen LogP contribution in [0.5, 0.6) is 0 Å². The monoisotopic (exact) mass is 274 g/mol. The molecule has 0 unspecified atom stereocenters. The third-order valence-electron chi connectivity index (χ3n) is 1.57. The first-order valence-corrected chi connectivity index (χ1v) is 5.60. The Hall–Kier alpha value is -0.870. The van der Waals surface area contributed by atoms with Crippen LogP contribution >= 0.6 is 7.82 Å². The number of carboxylic acid groups (broad SMARTS) is 1. The predicted octanol–water partition coefficient (Wildman–Crippen LogP) is -3.17. The van der Waals surface area contributed by atoms with Gasteiger partial charge in [-0.2, -0.15) is 0 Å². The van der Waals surface area contributed by atoms with E-state index in [2.05, 4.69) is 4.52 Å². The van der Waals surface area contributed by atoms with Crippen LogP contribution in [0.15, 0.2) is 0 Å². The van der Waals surface area contributed by atoms with Gasteiger partial charge in [0.1, 0.15) is 12.2 Å². The molecule has 0 rings (SSSR count). The van der Waals surface area contributed by atoms with Gasteiger partial charge in [-0.25, -0.2) is 9.36 Å². The lowest BCUT2D eigenvalue weighted by molar-refractivity contribution is -0.158. The van der Waals surface area contributed by atoms with Crippen LogP contribution in [-0.2, 0) is 18.7 Å². The molecule has 0 fully saturated rings. The standard InChI is InChI=1S/C6H11O10P/c7-2(1-16-17(13,14)15)3(8)4(9)5(10)6(11)12/h2-3,5,7-8,10H,1H2,(H,11,12)(H2,13,14,15)/t2-,3+,5-/m0/s1. The second-order valence-electron chi connectivity index (χ2n) is 2.94. The van der Waals surface area contributed by atoms with Crippen LogP contribution in [0.1, 0.15) is 0 Å². The molecule has 0 saturated carbocycles. The summed E-state index contributed by atoms with van der Waals surface area (Å²) in [5.41, 5.74) is 0. The highest BCUT2D eigenvalue weighted by atomic mass is 31.2. The highest BCUT2D eigenvalue weighted by Gasteiger charge is 2.34. The van der Waals surface area contributed by atoms with Crippen molar-refractivity contribution in [2.45, 2.75) is 18.3 Å². The van der Waals surface area contributed by atoms with Crippen LogP contribution in [-0.4, -0.2) is 66.9 Å². The molecule has 0 aromatic carbocycles. The Bertz CT molecular complexity index is 334. The minimum absolute atomic E-state index is 1.11. The van der Waals surface area contributed by atoms with Gasteiger partial charge >= 0.3 is 13.8 Å². The van der Waals surface area contributed by atoms with Gasteiger partial charge in [0.15, 0.2) is 0 Å². The maximum atomic E-state index is 11.0. The van der Waals surface area contributed by atoms with Crippen molar-refractivity contribution in [2.24, 2.45) is 0 Å². The Balaban J connectivity index is 4.40. The van der Waals surface area contributed by atoms with E-state index in [1.807, 2.05) is 0 Å². The normalized spacial score (nSPS) is 17.2. The molecule has 0 aromatic rings. The maximum absolute atomic E-state index is 11.0. The molecule has 0 aliphatic carbocycles. The number of aliphatic hydroxyl groups excluding tert-OH is 3. The molecule has 6 N–H and O–H groups in total. The number of Topliss-reactive ketones (excluding diaryl/α,β-unsaturated/α-hetero) is 1. The van der Waals surface area contributed by atoms with Crippen molar-refractivity contribution in [3.05, 3.63) is 0 Å². The zero-order chi connectivity index (χ0) is 13.8. The number of phosphoric acid groups is 1. The summed E-state index contributed by atoms with van der Waals surface area (Å²) in [4.78, 5) is 37.6. The summed E-state index contributed by atoms with van der Waals surface area (Å²) < 4.78 is 14.0. The molecule has 100 valence electrons. The number of ketones is 1. The summed E-state index contributed by atoms with van der Waals surface area (Å²) in [6, 6.07) is 0. The van der Waals surface area contributed by atoms with Gasteiger partial charge in [0.25, 0.3) is 0 Å². The molecule has 0 saturated heterocycles. The van der Waals surface area contributed by atoms with E-state index in [9.17, 15) is 14.2 Å². The minimum Gasteiger partial charge on any atom is -0.479 e. The SMILES string of the molecule is O=C(O)[C@@H](O)C(=O)[C@H](O)[C@@H](O)COP(=O)(O)O. The number of carbonyl (C=O) groups excluding carboxylic acids is 1. The van der Waals surface area contributed by atoms with Crippen molar-refractivity contribution < 1.29 is 48.9 Å². The summed E-state index contributed by atoms with van der Waals surface area (Å²) >= 11 is 0. The molecule has 0 aliphatic rings. The van der Waals surface area contributed by atoms with Gasteiger partial charge in [0, 0.05) is 0 Å². The molecule has 0 heterocycles. The molecule has 11 heteroatoms. The number of hydrogen-bond acceptors (Lipinski definition) is 7. The highest BCUT2D eigenvalue weighted by Crippen LogP contribution is 2.35. The van der Waals surface area contributed by atoms with E-state index in [1.54, 1.807) is 0 Å². The minimum atomic E-state index is -4.89. The van der Waals surface area contributed by atoms with Crippen molar-refractivity contribution in [3.63, 3.8) is 0 Å². The van der Waals surface area contributed by atoms with Gasteiger partial charge in [0.05, 0.1) is 6.61 Å². The molecule has 10 nitrogen and oxygen atoms in total. The average molecular weight is 274 g/mol. The smallest absolute Gasteiger partial charge is 0.469 e. The first kappa shape index (κ1) is 16.1. The van der Waals surface area contributed by atoms with Crippen LogP contribution in [0.2, 0.25) is 0 Å². The van der Waals surface area contributed by atoms with E-state index in [-0.39, 0.29) is 0 Å². The van der Waals surface area contributed by atoms with E-state index >= 15 is 0 Å². The first-order chi connectivity index (χ1) is 7.56. The van der Waals surface area contributed by atoms with Crippen molar-refractivity contribution in [1.82, 2.24) is 0 Å². The quantitative estimate of drug-likeness (QED) is 0.204. The number of aliphatic hydroxyl groups is 3. The molecule has 0 radical (unpaired) electrons. The number of aliphatic carboxylic acids is 1. The van der Waals surface area contributed by atoms with Gasteiger partial charge in [-0.15, -0.1) is 0 Å². The van der Waals surface area contributed by atoms with E-state index < -0.39 is 44.5 Å². The highest BCUT2D eigenvalue weighted by molar-refractivity contribution is 7.46. The third kappa shape index (κ3) is 5.84. The fraction of sp³-hybridized carbons (Fsp3) is 0.667. The lowest BCUT2D eigenvalue weighted by Gasteiger charge is -2.17. The molecule has 0 aliphatic heterocycles. The zero-order valence-corrected chi connectivity index (χ0v) is 9.10. The Kier molecular flexibility index (Phi) is 5.85. The summed E-state index contributed by atoms with van der Waals surface area (Å²) in [5.74, 6) is -3.56. The molecule has 0 bridgehead atoms. The summed E-state index contributed by atoms with van der Waals surface area (Å²) in [5, 5.41) is 35.0. The Morgan fingerprint density at radius 3 is 2.00 bits per heavy atom. The average Bonchev–Trinajstić information content (AvgIpc) is 2.21. The van der Waals surface area contributed by atoms with Crippen LogP contribution in [0.25, 0.3) is 0 Å². The summed E-state index contributed by atoms with van der Waals surface area (Å²) in [6.07, 6.45) is -6.97. The van der Waals surface area contributed by atoms with Crippen LogP contribution in [0.3, 0.4) is 0 Å². The number of phosphoric ester groups is 1. The number of carboxylic acids is 1. The van der Waals surface area contributed by atoms with E-state index in [4.69, 9.17) is 30.2 Å². The van der Waals surface area contributed by atoms with E-state index in [0.717, 1.165) is 0 Å². The molecular formula is C6H11O10P. The fourth-order valence-corrected chi connectivity index (χ4v) is 1.08. The summed E-state index contributed by atoms with van der Waals surface area (Å²) in [6.45, 7) is -1.11.